The molecule has 7 nitrogen and oxygen atoms in total. The van der Waals surface area contributed by atoms with E-state index in [1.54, 1.807) is 12.1 Å². The molecule has 0 saturated carbocycles. The highest BCUT2D eigenvalue weighted by Crippen LogP contribution is 2.47. The van der Waals surface area contributed by atoms with Crippen molar-refractivity contribution in [2.75, 3.05) is 26.6 Å². The molecule has 0 radical (unpaired) electrons. The summed E-state index contributed by atoms with van der Waals surface area (Å²) in [5.41, 5.74) is 3.07. The van der Waals surface area contributed by atoms with Gasteiger partial charge in [-0.05, 0) is 38.3 Å². The summed E-state index contributed by atoms with van der Waals surface area (Å²) in [7, 11) is 0. The Morgan fingerprint density at radius 1 is 1.23 bits per heavy atom. The van der Waals surface area contributed by atoms with Crippen molar-refractivity contribution in [3.63, 3.8) is 0 Å². The van der Waals surface area contributed by atoms with E-state index in [-0.39, 0.29) is 19.2 Å². The van der Waals surface area contributed by atoms with Crippen molar-refractivity contribution < 1.29 is 28.5 Å². The number of fused-ring (bicyclic) bond motifs is 1. The molecule has 160 valence electrons. The van der Waals surface area contributed by atoms with E-state index in [4.69, 9.17) is 30.5 Å². The van der Waals surface area contributed by atoms with Crippen molar-refractivity contribution in [3.8, 4) is 11.5 Å². The number of hydrogen-bond donors (Lipinski definition) is 1. The molecular formula is C22H24ClNO6. The van der Waals surface area contributed by atoms with Crippen molar-refractivity contribution in [1.82, 2.24) is 5.32 Å². The van der Waals surface area contributed by atoms with Crippen LogP contribution in [0.5, 0.6) is 11.5 Å². The van der Waals surface area contributed by atoms with Crippen LogP contribution < -0.4 is 14.8 Å². The van der Waals surface area contributed by atoms with E-state index in [1.807, 2.05) is 13.8 Å². The number of ketones is 1. The number of Topliss-reactive ketones (excluding diaryl/α,β-unsaturated/α-hetero) is 1. The zero-order valence-electron chi connectivity index (χ0n) is 17.0. The van der Waals surface area contributed by atoms with Crippen LogP contribution in [0.2, 0.25) is 5.02 Å². The molecule has 0 bridgehead atoms. The average Bonchev–Trinajstić information content (AvgIpc) is 3.17. The Hall–Kier alpha value is -2.51. The molecule has 1 N–H and O–H groups in total. The molecule has 4 rings (SSSR count). The lowest BCUT2D eigenvalue weighted by Gasteiger charge is -2.34. The largest absolute Gasteiger partial charge is 0.460 e. The normalized spacial score (nSPS) is 20.2. The number of esters is 1. The van der Waals surface area contributed by atoms with E-state index in [2.05, 4.69) is 5.32 Å². The van der Waals surface area contributed by atoms with Crippen molar-refractivity contribution in [2.24, 2.45) is 0 Å². The number of carbonyl (C=O) groups is 2. The Kier molecular flexibility index (Phi) is 6.01. The summed E-state index contributed by atoms with van der Waals surface area (Å²) in [4.78, 5) is 26.0. The molecule has 0 saturated heterocycles. The van der Waals surface area contributed by atoms with Crippen molar-refractivity contribution >= 4 is 23.4 Å². The summed E-state index contributed by atoms with van der Waals surface area (Å²) in [6.07, 6.45) is 1.95. The molecule has 8 heteroatoms. The third-order valence-corrected chi connectivity index (χ3v) is 5.79. The number of halogens is 1. The van der Waals surface area contributed by atoms with Crippen LogP contribution in [-0.4, -0.2) is 38.4 Å². The van der Waals surface area contributed by atoms with Crippen LogP contribution >= 0.6 is 11.6 Å². The molecule has 2 heterocycles. The van der Waals surface area contributed by atoms with Gasteiger partial charge in [0.15, 0.2) is 17.3 Å². The lowest BCUT2D eigenvalue weighted by atomic mass is 9.75. The van der Waals surface area contributed by atoms with E-state index in [0.717, 1.165) is 18.5 Å². The van der Waals surface area contributed by atoms with Gasteiger partial charge in [0.2, 0.25) is 6.79 Å². The highest BCUT2D eigenvalue weighted by Gasteiger charge is 2.40. The minimum atomic E-state index is -0.629. The molecule has 0 fully saturated rings. The Labute approximate surface area is 180 Å². The maximum atomic E-state index is 13.1. The second-order valence-corrected chi connectivity index (χ2v) is 7.73. The van der Waals surface area contributed by atoms with Gasteiger partial charge in [-0.1, -0.05) is 11.6 Å². The van der Waals surface area contributed by atoms with Gasteiger partial charge in [-0.15, -0.1) is 0 Å². The molecule has 3 aliphatic rings. The second kappa shape index (κ2) is 8.70. The van der Waals surface area contributed by atoms with E-state index < -0.39 is 11.9 Å². The third-order valence-electron chi connectivity index (χ3n) is 5.46. The number of allylic oxidation sites excluding steroid dienone is 3. The van der Waals surface area contributed by atoms with Crippen molar-refractivity contribution in [2.45, 2.75) is 39.0 Å². The van der Waals surface area contributed by atoms with E-state index >= 15 is 0 Å². The van der Waals surface area contributed by atoms with E-state index in [9.17, 15) is 9.59 Å². The molecule has 30 heavy (non-hydrogen) atoms. The van der Waals surface area contributed by atoms with Crippen LogP contribution in [0.1, 0.15) is 44.6 Å². The van der Waals surface area contributed by atoms with Gasteiger partial charge in [0.25, 0.3) is 0 Å². The molecule has 0 spiro atoms. The highest BCUT2D eigenvalue weighted by atomic mass is 35.5. The fraction of sp³-hybridized carbons (Fsp3) is 0.455. The standard InChI is InChI=1S/C22H24ClNO6/c1-3-27-7-8-28-22(26)19-12(2)24-15-5-4-6-16(25)21(15)20(19)13-9-17-18(10-14(13)23)30-11-29-17/h9-10,20,24H,3-8,11H2,1-2H3. The Balaban J connectivity index is 1.77. The zero-order chi connectivity index (χ0) is 21.3. The number of dihydropyridines is 1. The predicted octanol–water partition coefficient (Wildman–Crippen LogP) is 3.62. The third kappa shape index (κ3) is 3.79. The van der Waals surface area contributed by atoms with Crippen LogP contribution in [0.3, 0.4) is 0 Å². The first-order chi connectivity index (χ1) is 14.5. The number of ether oxygens (including phenoxy) is 4. The number of nitrogens with one attached hydrogen (secondary N) is 1. The number of hydrogen-bond acceptors (Lipinski definition) is 7. The van der Waals surface area contributed by atoms with Crippen molar-refractivity contribution in [1.29, 1.82) is 0 Å². The fourth-order valence-corrected chi connectivity index (χ4v) is 4.40. The average molecular weight is 434 g/mol. The summed E-state index contributed by atoms with van der Waals surface area (Å²) >= 11 is 6.60. The Morgan fingerprint density at radius 2 is 2.00 bits per heavy atom. The molecular weight excluding hydrogens is 410 g/mol. The maximum absolute atomic E-state index is 13.1. The predicted molar refractivity (Wildman–Crippen MR) is 109 cm³/mol. The van der Waals surface area contributed by atoms with Gasteiger partial charge in [0.1, 0.15) is 6.61 Å². The molecule has 1 aromatic carbocycles. The topological polar surface area (TPSA) is 83.1 Å². The first-order valence-electron chi connectivity index (χ1n) is 10.1. The number of benzene rings is 1. The minimum Gasteiger partial charge on any atom is -0.460 e. The second-order valence-electron chi connectivity index (χ2n) is 7.33. The molecule has 1 atom stereocenters. The minimum absolute atomic E-state index is 0.00889. The van der Waals surface area contributed by atoms with Crippen LogP contribution in [0.15, 0.2) is 34.7 Å². The monoisotopic (exact) mass is 433 g/mol. The Morgan fingerprint density at radius 3 is 2.77 bits per heavy atom. The molecule has 2 aliphatic heterocycles. The quantitative estimate of drug-likeness (QED) is 0.542. The van der Waals surface area contributed by atoms with E-state index in [0.29, 0.717) is 58.6 Å². The van der Waals surface area contributed by atoms with Crippen LogP contribution in [0, 0.1) is 0 Å². The van der Waals surface area contributed by atoms with Crippen molar-refractivity contribution in [3.05, 3.63) is 45.3 Å². The summed E-state index contributed by atoms with van der Waals surface area (Å²) in [6.45, 7) is 4.78. The molecule has 1 aromatic rings. The lowest BCUT2D eigenvalue weighted by molar-refractivity contribution is -0.140. The summed E-state index contributed by atoms with van der Waals surface area (Å²) in [6, 6.07) is 3.43. The number of carbonyl (C=O) groups excluding carboxylic acids is 2. The van der Waals surface area contributed by atoms with Gasteiger partial charge in [0.05, 0.1) is 12.2 Å². The smallest absolute Gasteiger partial charge is 0.336 e. The van der Waals surface area contributed by atoms with Gasteiger partial charge in [-0.2, -0.15) is 0 Å². The first kappa shape index (κ1) is 20.8. The van der Waals surface area contributed by atoms with Gasteiger partial charge in [-0.3, -0.25) is 4.79 Å². The molecule has 0 aromatic heterocycles. The van der Waals surface area contributed by atoms with Gasteiger partial charge >= 0.3 is 5.97 Å². The van der Waals surface area contributed by atoms with Gasteiger partial charge < -0.3 is 24.3 Å². The summed E-state index contributed by atoms with van der Waals surface area (Å²) < 4.78 is 21.6. The van der Waals surface area contributed by atoms with Crippen LogP contribution in [-0.2, 0) is 19.1 Å². The van der Waals surface area contributed by atoms with Crippen LogP contribution in [0.25, 0.3) is 0 Å². The highest BCUT2D eigenvalue weighted by molar-refractivity contribution is 6.32. The summed E-state index contributed by atoms with van der Waals surface area (Å²) in [5, 5.41) is 3.67. The van der Waals surface area contributed by atoms with Gasteiger partial charge in [-0.25, -0.2) is 4.79 Å². The van der Waals surface area contributed by atoms with Gasteiger partial charge in [0, 0.05) is 47.0 Å². The molecule has 1 unspecified atom stereocenters. The Bertz CT molecular complexity index is 951. The summed E-state index contributed by atoms with van der Waals surface area (Å²) in [5.74, 6) is -0.0305. The maximum Gasteiger partial charge on any atom is 0.336 e. The SMILES string of the molecule is CCOCCOC(=O)C1=C(C)NC2=C(C(=O)CCC2)C1c1cc2c(cc1Cl)OCO2. The first-order valence-corrected chi connectivity index (χ1v) is 10.5. The fourth-order valence-electron chi connectivity index (χ4n) is 4.13. The molecule has 1 aliphatic carbocycles. The zero-order valence-corrected chi connectivity index (χ0v) is 17.8. The van der Waals surface area contributed by atoms with E-state index in [1.165, 1.54) is 0 Å². The lowest BCUT2D eigenvalue weighted by Crippen LogP contribution is -2.34. The number of rotatable bonds is 6. The van der Waals surface area contributed by atoms with Crippen LogP contribution in [0.4, 0.5) is 0 Å². The molecule has 0 amide bonds.